The molecule has 0 atom stereocenters. The molecule has 0 bridgehead atoms. The number of benzene rings is 2. The van der Waals surface area contributed by atoms with Gasteiger partial charge in [-0.1, -0.05) is 36.4 Å². The minimum absolute atomic E-state index is 0.0145. The maximum absolute atomic E-state index is 12.6. The summed E-state index contributed by atoms with van der Waals surface area (Å²) in [6.45, 7) is 0. The number of thioether (sulfide) groups is 1. The minimum atomic E-state index is -0.0145. The van der Waals surface area contributed by atoms with Crippen LogP contribution < -0.4 is 5.32 Å². The third-order valence-corrected chi connectivity index (χ3v) is 11.4. The molecule has 0 unspecified atom stereocenters. The van der Waals surface area contributed by atoms with Crippen LogP contribution in [-0.4, -0.2) is 38.4 Å². The number of nitrogens with one attached hydrogen (secondary N) is 1. The Morgan fingerprint density at radius 2 is 1.34 bits per heavy atom. The van der Waals surface area contributed by atoms with Crippen molar-refractivity contribution in [3.05, 3.63) is 91.6 Å². The van der Waals surface area contributed by atoms with Gasteiger partial charge < -0.3 is 5.32 Å². The number of hydrogen-bond donors (Lipinski definition) is 1. The Kier molecular flexibility index (Phi) is 9.17. The van der Waals surface area contributed by atoms with Crippen LogP contribution in [0.3, 0.4) is 0 Å². The predicted molar refractivity (Wildman–Crippen MR) is 175 cm³/mol. The number of thiophene rings is 2. The molecule has 2 aromatic carbocycles. The molecule has 0 aliphatic carbocycles. The fourth-order valence-electron chi connectivity index (χ4n) is 4.38. The highest BCUT2D eigenvalue weighted by Gasteiger charge is 2.13. The fraction of sp³-hybridized carbons (Fsp3) is 0.233. The highest BCUT2D eigenvalue weighted by molar-refractivity contribution is 7.99. The molecule has 4 heterocycles. The van der Waals surface area contributed by atoms with Gasteiger partial charge in [0.05, 0.1) is 24.0 Å². The summed E-state index contributed by atoms with van der Waals surface area (Å²) in [5.41, 5.74) is 0. The van der Waals surface area contributed by atoms with Crippen molar-refractivity contribution < 1.29 is 9.59 Å². The highest BCUT2D eigenvalue weighted by atomic mass is 32.2. The van der Waals surface area contributed by atoms with Crippen molar-refractivity contribution >= 4 is 94.0 Å². The summed E-state index contributed by atoms with van der Waals surface area (Å²) in [5, 5.41) is 17.5. The van der Waals surface area contributed by atoms with Gasteiger partial charge in [-0.25, -0.2) is 4.98 Å². The van der Waals surface area contributed by atoms with E-state index in [4.69, 9.17) is 0 Å². The zero-order chi connectivity index (χ0) is 28.0. The molecular weight excluding hydrogens is 609 g/mol. The van der Waals surface area contributed by atoms with Gasteiger partial charge in [0.25, 0.3) is 0 Å². The molecule has 4 aromatic heterocycles. The quantitative estimate of drug-likeness (QED) is 0.133. The topological polar surface area (TPSA) is 84.8 Å². The Bertz CT molecular complexity index is 1600. The highest BCUT2D eigenvalue weighted by Crippen LogP contribution is 2.28. The molecule has 0 saturated heterocycles. The molecule has 1 N–H and O–H groups in total. The first-order valence-electron chi connectivity index (χ1n) is 13.2. The summed E-state index contributed by atoms with van der Waals surface area (Å²) in [4.78, 5) is 31.8. The molecule has 11 heteroatoms. The lowest BCUT2D eigenvalue weighted by Gasteiger charge is -2.00. The van der Waals surface area contributed by atoms with E-state index < -0.39 is 0 Å². The molecule has 6 nitrogen and oxygen atoms in total. The van der Waals surface area contributed by atoms with Gasteiger partial charge in [0, 0.05) is 38.4 Å². The van der Waals surface area contributed by atoms with Crippen molar-refractivity contribution in [1.29, 1.82) is 0 Å². The van der Waals surface area contributed by atoms with Crippen LogP contribution in [0.2, 0.25) is 0 Å². The van der Waals surface area contributed by atoms with Gasteiger partial charge in [-0.05, 0) is 46.5 Å². The maximum atomic E-state index is 12.6. The number of aryl methyl sites for hydroxylation is 2. The van der Waals surface area contributed by atoms with Gasteiger partial charge in [0.15, 0.2) is 0 Å². The van der Waals surface area contributed by atoms with Gasteiger partial charge in [-0.15, -0.1) is 55.5 Å². The summed E-state index contributed by atoms with van der Waals surface area (Å²) >= 11 is 8.27. The van der Waals surface area contributed by atoms with Crippen LogP contribution >= 0.6 is 57.1 Å². The van der Waals surface area contributed by atoms with Gasteiger partial charge in [0.2, 0.25) is 5.91 Å². The molecule has 6 rings (SSSR count). The van der Waals surface area contributed by atoms with Crippen molar-refractivity contribution in [2.75, 3.05) is 16.8 Å². The molecule has 0 radical (unpaired) electrons. The first-order chi connectivity index (χ1) is 20.1. The molecule has 0 spiro atoms. The Hall–Kier alpha value is -2.96. The Balaban J connectivity index is 0.885. The molecule has 1 amide bonds. The zero-order valence-corrected chi connectivity index (χ0v) is 26.1. The van der Waals surface area contributed by atoms with Crippen LogP contribution in [0.15, 0.2) is 66.9 Å². The molecule has 0 saturated carbocycles. The predicted octanol–water partition coefficient (Wildman–Crippen LogP) is 7.48. The van der Waals surface area contributed by atoms with E-state index in [2.05, 4.69) is 56.9 Å². The standard InChI is InChI=1S/C30H26N4O2S5/c35-21(15-22-13-19-5-1-3-7-24(19)38-22)16-29-34-33-28(41-29)10-12-37-11-9-27-31-18-30(40-27)32-26(36)17-23-14-20-6-2-4-8-25(20)39-23/h1-8,13-14,18H,9-12,15-17H2,(H,32,36). The molecule has 0 aliphatic heterocycles. The lowest BCUT2D eigenvalue weighted by atomic mass is 10.2. The van der Waals surface area contributed by atoms with Crippen LogP contribution in [0.4, 0.5) is 5.00 Å². The summed E-state index contributed by atoms with van der Waals surface area (Å²) in [6, 6.07) is 20.6. The van der Waals surface area contributed by atoms with Gasteiger partial charge >= 0.3 is 0 Å². The van der Waals surface area contributed by atoms with E-state index in [0.717, 1.165) is 54.1 Å². The average Bonchev–Trinajstić information content (AvgIpc) is 3.75. The lowest BCUT2D eigenvalue weighted by Crippen LogP contribution is -2.12. The fourth-order valence-corrected chi connectivity index (χ4v) is 9.38. The number of amides is 1. The van der Waals surface area contributed by atoms with Crippen molar-refractivity contribution in [2.45, 2.75) is 32.1 Å². The summed E-state index contributed by atoms with van der Waals surface area (Å²) in [6.07, 6.45) is 4.59. The van der Waals surface area contributed by atoms with Crippen LogP contribution in [0.25, 0.3) is 20.2 Å². The van der Waals surface area contributed by atoms with Gasteiger partial charge in [0.1, 0.15) is 20.8 Å². The van der Waals surface area contributed by atoms with Crippen molar-refractivity contribution in [1.82, 2.24) is 15.2 Å². The van der Waals surface area contributed by atoms with Crippen molar-refractivity contribution in [3.63, 3.8) is 0 Å². The number of rotatable bonds is 13. The monoisotopic (exact) mass is 634 g/mol. The second-order valence-electron chi connectivity index (χ2n) is 9.44. The number of anilines is 1. The van der Waals surface area contributed by atoms with Crippen molar-refractivity contribution in [3.8, 4) is 0 Å². The van der Waals surface area contributed by atoms with E-state index in [-0.39, 0.29) is 11.7 Å². The molecule has 0 aliphatic rings. The number of aromatic nitrogens is 3. The summed E-state index contributed by atoms with van der Waals surface area (Å²) in [7, 11) is 0. The SMILES string of the molecule is O=C(Cc1cc2ccccc2s1)Cc1nnc(CCSCCc2ncc(NC(=O)Cc3cc4ccccc4s3)s2)s1. The van der Waals surface area contributed by atoms with Crippen LogP contribution in [0.1, 0.15) is 24.8 Å². The number of hydrogen-bond acceptors (Lipinski definition) is 10. The second kappa shape index (κ2) is 13.3. The van der Waals surface area contributed by atoms with Gasteiger partial charge in [-0.2, -0.15) is 11.8 Å². The first kappa shape index (κ1) is 28.2. The number of carbonyl (C=O) groups excluding carboxylic acids is 2. The molecule has 0 fully saturated rings. The number of thiazole rings is 1. The number of carbonyl (C=O) groups is 2. The number of fused-ring (bicyclic) bond motifs is 2. The Morgan fingerprint density at radius 1 is 0.707 bits per heavy atom. The maximum Gasteiger partial charge on any atom is 0.230 e. The molecule has 41 heavy (non-hydrogen) atoms. The van der Waals surface area contributed by atoms with E-state index in [9.17, 15) is 9.59 Å². The van der Waals surface area contributed by atoms with Crippen LogP contribution in [-0.2, 0) is 41.7 Å². The average molecular weight is 635 g/mol. The van der Waals surface area contributed by atoms with E-state index >= 15 is 0 Å². The summed E-state index contributed by atoms with van der Waals surface area (Å²) < 4.78 is 2.42. The number of nitrogens with zero attached hydrogens (tertiary/aromatic N) is 3. The number of Topliss-reactive ketones (excluding diaryl/α,β-unsaturated/α-hetero) is 1. The third kappa shape index (κ3) is 7.66. The van der Waals surface area contributed by atoms with Gasteiger partial charge in [-0.3, -0.25) is 9.59 Å². The van der Waals surface area contributed by atoms with E-state index in [0.29, 0.717) is 19.3 Å². The first-order valence-corrected chi connectivity index (χ1v) is 17.6. The Morgan fingerprint density at radius 3 is 2.05 bits per heavy atom. The molecule has 208 valence electrons. The van der Waals surface area contributed by atoms with Crippen molar-refractivity contribution in [2.24, 2.45) is 0 Å². The third-order valence-electron chi connectivity index (χ3n) is 6.25. The van der Waals surface area contributed by atoms with E-state index in [1.807, 2.05) is 36.0 Å². The number of ketones is 1. The Labute approximate surface area is 257 Å². The molecule has 6 aromatic rings. The minimum Gasteiger partial charge on any atom is -0.316 e. The smallest absolute Gasteiger partial charge is 0.230 e. The second-order valence-corrected chi connectivity index (χ2v) is 15.3. The molecular formula is C30H26N4O2S5. The summed E-state index contributed by atoms with van der Waals surface area (Å²) in [5.74, 6) is 2.04. The van der Waals surface area contributed by atoms with Crippen LogP contribution in [0.5, 0.6) is 0 Å². The van der Waals surface area contributed by atoms with Crippen LogP contribution in [0, 0.1) is 0 Å². The largest absolute Gasteiger partial charge is 0.316 e. The van der Waals surface area contributed by atoms with E-state index in [1.54, 1.807) is 28.9 Å². The zero-order valence-electron chi connectivity index (χ0n) is 22.0. The lowest BCUT2D eigenvalue weighted by molar-refractivity contribution is -0.118. The van der Waals surface area contributed by atoms with E-state index in [1.165, 1.54) is 42.8 Å². The normalized spacial score (nSPS) is 11.4.